The summed E-state index contributed by atoms with van der Waals surface area (Å²) >= 11 is 0. The Bertz CT molecular complexity index is 975. The zero-order valence-corrected chi connectivity index (χ0v) is 12.2. The maximum atomic E-state index is 12.6. The minimum Gasteiger partial charge on any atom is -0.454 e. The van der Waals surface area contributed by atoms with E-state index in [4.69, 9.17) is 9.47 Å². The summed E-state index contributed by atoms with van der Waals surface area (Å²) in [5, 5.41) is 4.29. The van der Waals surface area contributed by atoms with Crippen LogP contribution in [-0.2, 0) is 6.42 Å². The van der Waals surface area contributed by atoms with Crippen LogP contribution in [0.1, 0.15) is 23.0 Å². The van der Waals surface area contributed by atoms with Crippen LogP contribution in [-0.4, -0.2) is 28.3 Å². The molecule has 0 amide bonds. The van der Waals surface area contributed by atoms with Crippen molar-refractivity contribution in [2.45, 2.75) is 12.5 Å². The molecular weight excluding hydrogens is 296 g/mol. The molecule has 0 radical (unpaired) electrons. The van der Waals surface area contributed by atoms with Crippen molar-refractivity contribution >= 4 is 10.9 Å². The molecule has 5 rings (SSSR count). The van der Waals surface area contributed by atoms with Crippen molar-refractivity contribution < 1.29 is 9.47 Å². The van der Waals surface area contributed by atoms with Crippen LogP contribution in [0.3, 0.4) is 0 Å². The molecule has 0 saturated carbocycles. The molecular formula is C16H14N4O3. The minimum atomic E-state index is -0.205. The summed E-state index contributed by atoms with van der Waals surface area (Å²) in [5.41, 5.74) is 3.25. The highest BCUT2D eigenvalue weighted by molar-refractivity contribution is 5.83. The summed E-state index contributed by atoms with van der Waals surface area (Å²) in [6.45, 7) is 1.02. The van der Waals surface area contributed by atoms with Gasteiger partial charge in [-0.1, -0.05) is 0 Å². The lowest BCUT2D eigenvalue weighted by Crippen LogP contribution is -2.34. The first-order chi connectivity index (χ1) is 11.3. The van der Waals surface area contributed by atoms with Gasteiger partial charge in [0.05, 0.1) is 23.6 Å². The van der Waals surface area contributed by atoms with Gasteiger partial charge >= 0.3 is 0 Å². The van der Waals surface area contributed by atoms with Crippen molar-refractivity contribution in [3.8, 4) is 11.5 Å². The first-order valence-corrected chi connectivity index (χ1v) is 7.52. The number of rotatable bonds is 1. The Morgan fingerprint density at radius 2 is 2.04 bits per heavy atom. The number of pyridine rings is 1. The van der Waals surface area contributed by atoms with Crippen LogP contribution in [0.2, 0.25) is 0 Å². The molecule has 0 spiro atoms. The summed E-state index contributed by atoms with van der Waals surface area (Å²) in [5.74, 6) is 1.36. The SMILES string of the molecule is O=c1[nH]c2cc3c(cc2cc1[C@@H]1NCCc2[nH]cnc21)OCO3. The van der Waals surface area contributed by atoms with Crippen molar-refractivity contribution in [2.24, 2.45) is 0 Å². The third kappa shape index (κ3) is 1.86. The molecule has 3 N–H and O–H groups in total. The number of nitrogens with zero attached hydrogens (tertiary/aromatic N) is 1. The second kappa shape index (κ2) is 4.60. The molecule has 0 bridgehead atoms. The molecule has 0 fully saturated rings. The van der Waals surface area contributed by atoms with Gasteiger partial charge in [-0.15, -0.1) is 0 Å². The monoisotopic (exact) mass is 310 g/mol. The first kappa shape index (κ1) is 12.7. The molecule has 0 aliphatic carbocycles. The van der Waals surface area contributed by atoms with Crippen molar-refractivity contribution in [2.75, 3.05) is 13.3 Å². The molecule has 23 heavy (non-hydrogen) atoms. The number of aromatic amines is 2. The normalized spacial score (nSPS) is 19.0. The van der Waals surface area contributed by atoms with E-state index in [0.29, 0.717) is 17.1 Å². The predicted molar refractivity (Wildman–Crippen MR) is 82.8 cm³/mol. The number of fused-ring (bicyclic) bond motifs is 3. The topological polar surface area (TPSA) is 92.0 Å². The van der Waals surface area contributed by atoms with Gasteiger partial charge in [-0.2, -0.15) is 0 Å². The van der Waals surface area contributed by atoms with E-state index in [1.807, 2.05) is 12.1 Å². The number of ether oxygens (including phenoxy) is 2. The summed E-state index contributed by atoms with van der Waals surface area (Å²) in [6.07, 6.45) is 2.56. The van der Waals surface area contributed by atoms with E-state index in [0.717, 1.165) is 35.3 Å². The van der Waals surface area contributed by atoms with Gasteiger partial charge in [0.25, 0.3) is 5.56 Å². The molecule has 1 aromatic carbocycles. The Balaban J connectivity index is 1.70. The van der Waals surface area contributed by atoms with Crippen LogP contribution in [0.5, 0.6) is 11.5 Å². The smallest absolute Gasteiger partial charge is 0.253 e. The molecule has 0 unspecified atom stereocenters. The van der Waals surface area contributed by atoms with Gasteiger partial charge < -0.3 is 24.8 Å². The standard InChI is InChI=1S/C16H14N4O3/c21-16-9(14-15-10(1-2-17-14)18-6-19-15)3-8-4-12-13(23-7-22-12)5-11(8)20-16/h3-6,14,17H,1-2,7H2,(H,18,19)(H,20,21)/t14-/m0/s1. The van der Waals surface area contributed by atoms with Gasteiger partial charge in [0.15, 0.2) is 11.5 Å². The number of benzene rings is 1. The number of H-pyrrole nitrogens is 2. The highest BCUT2D eigenvalue weighted by atomic mass is 16.7. The number of imidazole rings is 1. The Morgan fingerprint density at radius 3 is 2.96 bits per heavy atom. The van der Waals surface area contributed by atoms with Crippen molar-refractivity contribution in [3.05, 3.63) is 51.8 Å². The van der Waals surface area contributed by atoms with E-state index in [-0.39, 0.29) is 18.4 Å². The Morgan fingerprint density at radius 1 is 1.17 bits per heavy atom. The molecule has 3 aromatic rings. The highest BCUT2D eigenvalue weighted by Crippen LogP contribution is 2.36. The van der Waals surface area contributed by atoms with E-state index in [1.165, 1.54) is 0 Å². The second-order valence-corrected chi connectivity index (χ2v) is 5.75. The average Bonchev–Trinajstić information content (AvgIpc) is 3.20. The fraction of sp³-hybridized carbons (Fsp3) is 0.250. The largest absolute Gasteiger partial charge is 0.454 e. The van der Waals surface area contributed by atoms with Crippen molar-refractivity contribution in [1.82, 2.24) is 20.3 Å². The van der Waals surface area contributed by atoms with Crippen LogP contribution >= 0.6 is 0 Å². The van der Waals surface area contributed by atoms with Gasteiger partial charge in [-0.25, -0.2) is 4.98 Å². The third-order valence-corrected chi connectivity index (χ3v) is 4.43. The highest BCUT2D eigenvalue weighted by Gasteiger charge is 2.26. The van der Waals surface area contributed by atoms with E-state index in [1.54, 1.807) is 12.4 Å². The lowest BCUT2D eigenvalue weighted by molar-refractivity contribution is 0.174. The predicted octanol–water partition coefficient (Wildman–Crippen LogP) is 1.21. The fourth-order valence-corrected chi connectivity index (χ4v) is 3.30. The average molecular weight is 310 g/mol. The molecule has 7 heteroatoms. The number of aromatic nitrogens is 3. The quantitative estimate of drug-likeness (QED) is 0.628. The molecule has 2 aromatic heterocycles. The lowest BCUT2D eigenvalue weighted by Gasteiger charge is -2.22. The van der Waals surface area contributed by atoms with Gasteiger partial charge in [0.2, 0.25) is 6.79 Å². The lowest BCUT2D eigenvalue weighted by atomic mass is 9.98. The van der Waals surface area contributed by atoms with E-state index >= 15 is 0 Å². The summed E-state index contributed by atoms with van der Waals surface area (Å²) in [6, 6.07) is 5.39. The molecule has 2 aliphatic heterocycles. The summed E-state index contributed by atoms with van der Waals surface area (Å²) in [4.78, 5) is 23.0. The number of nitrogens with one attached hydrogen (secondary N) is 3. The Kier molecular flexibility index (Phi) is 2.54. The van der Waals surface area contributed by atoms with Crippen molar-refractivity contribution in [3.63, 3.8) is 0 Å². The van der Waals surface area contributed by atoms with Crippen LogP contribution in [0, 0.1) is 0 Å². The van der Waals surface area contributed by atoms with Gasteiger partial charge in [0, 0.05) is 35.7 Å². The number of hydrogen-bond acceptors (Lipinski definition) is 5. The summed E-state index contributed by atoms with van der Waals surface area (Å²) < 4.78 is 10.8. The molecule has 1 atom stereocenters. The first-order valence-electron chi connectivity index (χ1n) is 7.52. The van der Waals surface area contributed by atoms with E-state index in [2.05, 4.69) is 20.3 Å². The third-order valence-electron chi connectivity index (χ3n) is 4.43. The minimum absolute atomic E-state index is 0.121. The molecule has 2 aliphatic rings. The zero-order chi connectivity index (χ0) is 15.4. The van der Waals surface area contributed by atoms with Crippen LogP contribution in [0.4, 0.5) is 0 Å². The molecule has 4 heterocycles. The maximum absolute atomic E-state index is 12.6. The number of hydrogen-bond donors (Lipinski definition) is 3. The van der Waals surface area contributed by atoms with Gasteiger partial charge in [-0.05, 0) is 12.1 Å². The van der Waals surface area contributed by atoms with Gasteiger partial charge in [-0.3, -0.25) is 4.79 Å². The Labute approximate surface area is 130 Å². The van der Waals surface area contributed by atoms with E-state index in [9.17, 15) is 4.79 Å². The van der Waals surface area contributed by atoms with Gasteiger partial charge in [0.1, 0.15) is 0 Å². The molecule has 0 saturated heterocycles. The molecule has 7 nitrogen and oxygen atoms in total. The van der Waals surface area contributed by atoms with Crippen molar-refractivity contribution in [1.29, 1.82) is 0 Å². The summed E-state index contributed by atoms with van der Waals surface area (Å²) in [7, 11) is 0. The Hall–Kier alpha value is -2.80. The van der Waals surface area contributed by atoms with E-state index < -0.39 is 0 Å². The van der Waals surface area contributed by atoms with Crippen LogP contribution in [0.25, 0.3) is 10.9 Å². The second-order valence-electron chi connectivity index (χ2n) is 5.75. The van der Waals surface area contributed by atoms with Crippen LogP contribution < -0.4 is 20.3 Å². The molecule has 116 valence electrons. The van der Waals surface area contributed by atoms with Crippen LogP contribution in [0.15, 0.2) is 29.3 Å². The maximum Gasteiger partial charge on any atom is 0.253 e. The zero-order valence-electron chi connectivity index (χ0n) is 12.2. The fourth-order valence-electron chi connectivity index (χ4n) is 3.30.